The molecule has 5 aromatic rings. The Labute approximate surface area is 196 Å². The maximum Gasteiger partial charge on any atom is 0.262 e. The Morgan fingerprint density at radius 2 is 1.74 bits per heavy atom. The van der Waals surface area contributed by atoms with Crippen LogP contribution in [0.4, 0.5) is 5.69 Å². The fourth-order valence-corrected chi connectivity index (χ4v) is 4.81. The minimum Gasteiger partial charge on any atom is -0.495 e. The number of ether oxygens (including phenoxy) is 1. The third-order valence-electron chi connectivity index (χ3n) is 5.50. The number of methoxy groups -OCH3 is 1. The van der Waals surface area contributed by atoms with Crippen molar-refractivity contribution in [1.82, 2.24) is 14.4 Å². The molecule has 2 aromatic carbocycles. The van der Waals surface area contributed by atoms with Gasteiger partial charge in [-0.25, -0.2) is 18.4 Å². The van der Waals surface area contributed by atoms with Crippen LogP contribution in [0, 0.1) is 13.8 Å². The standard InChI is InChI=1S/C25H22N4O4S/c1-16-5-4-12-29-14-22(27-25(16)29)19-8-11-24(32-3)21(13-19)28-34(30,31)20-9-6-18(7-10-20)23-15-33-17(2)26-23/h4-15,28H,1-3H3. The number of oxazole rings is 1. The van der Waals surface area contributed by atoms with Gasteiger partial charge in [-0.05, 0) is 48.9 Å². The van der Waals surface area contributed by atoms with Crippen LogP contribution < -0.4 is 9.46 Å². The lowest BCUT2D eigenvalue weighted by molar-refractivity contribution is 0.417. The molecule has 0 spiro atoms. The topological polar surface area (TPSA) is 98.7 Å². The summed E-state index contributed by atoms with van der Waals surface area (Å²) in [6, 6.07) is 15.7. The minimum absolute atomic E-state index is 0.118. The van der Waals surface area contributed by atoms with Gasteiger partial charge in [-0.2, -0.15) is 0 Å². The van der Waals surface area contributed by atoms with E-state index in [1.165, 1.54) is 25.5 Å². The van der Waals surface area contributed by atoms with Crippen LogP contribution in [0.1, 0.15) is 11.5 Å². The van der Waals surface area contributed by atoms with E-state index in [1.807, 2.05) is 41.9 Å². The van der Waals surface area contributed by atoms with Crippen LogP contribution in [0.3, 0.4) is 0 Å². The molecule has 172 valence electrons. The number of anilines is 1. The second kappa shape index (κ2) is 8.35. The lowest BCUT2D eigenvalue weighted by Gasteiger charge is -2.13. The van der Waals surface area contributed by atoms with E-state index in [-0.39, 0.29) is 4.90 Å². The molecule has 0 unspecified atom stereocenters. The first-order valence-corrected chi connectivity index (χ1v) is 12.0. The molecule has 0 aliphatic heterocycles. The van der Waals surface area contributed by atoms with Gasteiger partial charge in [-0.15, -0.1) is 0 Å². The first-order valence-electron chi connectivity index (χ1n) is 10.5. The Morgan fingerprint density at radius 1 is 0.971 bits per heavy atom. The summed E-state index contributed by atoms with van der Waals surface area (Å²) in [6.07, 6.45) is 5.37. The first-order chi connectivity index (χ1) is 16.3. The number of nitrogens with one attached hydrogen (secondary N) is 1. The van der Waals surface area contributed by atoms with Crippen molar-refractivity contribution in [2.75, 3.05) is 11.8 Å². The fraction of sp³-hybridized carbons (Fsp3) is 0.120. The predicted molar refractivity (Wildman–Crippen MR) is 129 cm³/mol. The Balaban J connectivity index is 1.47. The van der Waals surface area contributed by atoms with Crippen molar-refractivity contribution < 1.29 is 17.6 Å². The molecule has 0 aliphatic rings. The number of rotatable bonds is 6. The Kier molecular flexibility index (Phi) is 5.33. The zero-order valence-electron chi connectivity index (χ0n) is 18.8. The molecule has 5 rings (SSSR count). The summed E-state index contributed by atoms with van der Waals surface area (Å²) in [4.78, 5) is 9.09. The molecule has 0 fully saturated rings. The van der Waals surface area contributed by atoms with Crippen LogP contribution in [-0.4, -0.2) is 29.9 Å². The number of sulfonamides is 1. The number of hydrogen-bond acceptors (Lipinski definition) is 6. The van der Waals surface area contributed by atoms with Crippen molar-refractivity contribution in [2.45, 2.75) is 18.7 Å². The number of imidazole rings is 1. The molecule has 3 aromatic heterocycles. The lowest BCUT2D eigenvalue weighted by atomic mass is 10.1. The molecule has 0 radical (unpaired) electrons. The first kappa shape index (κ1) is 21.7. The van der Waals surface area contributed by atoms with Crippen LogP contribution in [-0.2, 0) is 10.0 Å². The van der Waals surface area contributed by atoms with Gasteiger partial charge in [0.2, 0.25) is 0 Å². The van der Waals surface area contributed by atoms with Crippen LogP contribution >= 0.6 is 0 Å². The molecule has 0 atom stereocenters. The van der Waals surface area contributed by atoms with E-state index in [0.29, 0.717) is 23.0 Å². The van der Waals surface area contributed by atoms with Crippen molar-refractivity contribution in [3.63, 3.8) is 0 Å². The van der Waals surface area contributed by atoms with Crippen molar-refractivity contribution in [3.05, 3.63) is 84.7 Å². The molecule has 34 heavy (non-hydrogen) atoms. The highest BCUT2D eigenvalue weighted by Gasteiger charge is 2.18. The summed E-state index contributed by atoms with van der Waals surface area (Å²) in [6.45, 7) is 3.75. The zero-order chi connectivity index (χ0) is 23.9. The number of hydrogen-bond donors (Lipinski definition) is 1. The summed E-state index contributed by atoms with van der Waals surface area (Å²) in [7, 11) is -2.37. The largest absolute Gasteiger partial charge is 0.495 e. The van der Waals surface area contributed by atoms with Crippen molar-refractivity contribution in [1.29, 1.82) is 0 Å². The monoisotopic (exact) mass is 474 g/mol. The maximum atomic E-state index is 13.1. The highest BCUT2D eigenvalue weighted by Crippen LogP contribution is 2.32. The van der Waals surface area contributed by atoms with Crippen LogP contribution in [0.2, 0.25) is 0 Å². The smallest absolute Gasteiger partial charge is 0.262 e. The molecule has 0 aliphatic carbocycles. The third-order valence-corrected chi connectivity index (χ3v) is 6.88. The van der Waals surface area contributed by atoms with Crippen molar-refractivity contribution in [2.24, 2.45) is 0 Å². The van der Waals surface area contributed by atoms with Crippen LogP contribution in [0.5, 0.6) is 5.75 Å². The number of aryl methyl sites for hydroxylation is 2. The van der Waals surface area contributed by atoms with E-state index in [4.69, 9.17) is 14.1 Å². The Morgan fingerprint density at radius 3 is 2.41 bits per heavy atom. The molecule has 8 nitrogen and oxygen atoms in total. The molecule has 9 heteroatoms. The maximum absolute atomic E-state index is 13.1. The summed E-state index contributed by atoms with van der Waals surface area (Å²) in [5.74, 6) is 0.947. The summed E-state index contributed by atoms with van der Waals surface area (Å²) >= 11 is 0. The average molecular weight is 475 g/mol. The molecule has 0 amide bonds. The molecular formula is C25H22N4O4S. The highest BCUT2D eigenvalue weighted by molar-refractivity contribution is 7.92. The van der Waals surface area contributed by atoms with Gasteiger partial charge in [0.15, 0.2) is 5.89 Å². The molecule has 0 saturated carbocycles. The van der Waals surface area contributed by atoms with E-state index in [1.54, 1.807) is 31.2 Å². The van der Waals surface area contributed by atoms with E-state index >= 15 is 0 Å². The Hall–Kier alpha value is -4.11. The third kappa shape index (κ3) is 4.01. The number of aromatic nitrogens is 3. The van der Waals surface area contributed by atoms with E-state index in [9.17, 15) is 8.42 Å². The van der Waals surface area contributed by atoms with Gasteiger partial charge in [0.25, 0.3) is 10.0 Å². The fourth-order valence-electron chi connectivity index (χ4n) is 3.74. The predicted octanol–water partition coefficient (Wildman–Crippen LogP) is 5.08. The molecular weight excluding hydrogens is 452 g/mol. The number of fused-ring (bicyclic) bond motifs is 1. The number of benzene rings is 2. The van der Waals surface area contributed by atoms with Crippen LogP contribution in [0.25, 0.3) is 28.2 Å². The van der Waals surface area contributed by atoms with Gasteiger partial charge in [0.1, 0.15) is 23.4 Å². The van der Waals surface area contributed by atoms with Gasteiger partial charge in [0.05, 0.1) is 23.4 Å². The minimum atomic E-state index is -3.87. The van der Waals surface area contributed by atoms with Gasteiger partial charge in [-0.1, -0.05) is 18.2 Å². The zero-order valence-corrected chi connectivity index (χ0v) is 19.6. The summed E-state index contributed by atoms with van der Waals surface area (Å²) < 4.78 is 41.5. The summed E-state index contributed by atoms with van der Waals surface area (Å²) in [5, 5.41) is 0. The molecule has 3 heterocycles. The second-order valence-electron chi connectivity index (χ2n) is 7.84. The van der Waals surface area contributed by atoms with Crippen molar-refractivity contribution >= 4 is 21.4 Å². The number of nitrogens with zero attached hydrogens (tertiary/aromatic N) is 3. The normalized spacial score (nSPS) is 11.6. The van der Waals surface area contributed by atoms with Gasteiger partial charge >= 0.3 is 0 Å². The van der Waals surface area contributed by atoms with Crippen LogP contribution in [0.15, 0.2) is 82.6 Å². The van der Waals surface area contributed by atoms with Gasteiger partial charge < -0.3 is 13.6 Å². The Bertz CT molecular complexity index is 1600. The quantitative estimate of drug-likeness (QED) is 0.368. The highest BCUT2D eigenvalue weighted by atomic mass is 32.2. The average Bonchev–Trinajstić information content (AvgIpc) is 3.46. The SMILES string of the molecule is COc1ccc(-c2cn3cccc(C)c3n2)cc1NS(=O)(=O)c1ccc(-c2coc(C)n2)cc1. The number of pyridine rings is 1. The van der Waals surface area contributed by atoms with E-state index in [2.05, 4.69) is 9.71 Å². The molecule has 0 saturated heterocycles. The van der Waals surface area contributed by atoms with Crippen molar-refractivity contribution in [3.8, 4) is 28.3 Å². The second-order valence-corrected chi connectivity index (χ2v) is 9.53. The molecule has 0 bridgehead atoms. The molecule has 1 N–H and O–H groups in total. The van der Waals surface area contributed by atoms with Gasteiger partial charge in [-0.3, -0.25) is 4.72 Å². The summed E-state index contributed by atoms with van der Waals surface area (Å²) in [5.41, 5.74) is 5.11. The van der Waals surface area contributed by atoms with E-state index in [0.717, 1.165) is 28.0 Å². The van der Waals surface area contributed by atoms with E-state index < -0.39 is 10.0 Å². The van der Waals surface area contributed by atoms with Gasteiger partial charge in [0, 0.05) is 30.4 Å². The lowest BCUT2D eigenvalue weighted by Crippen LogP contribution is -2.13.